The topological polar surface area (TPSA) is 25.6 Å². The molecule has 1 atom stereocenters. The first kappa shape index (κ1) is 38.9. The first-order valence-electron chi connectivity index (χ1n) is 24.1. The van der Waals surface area contributed by atoms with Crippen LogP contribution >= 0.6 is 0 Å². The summed E-state index contributed by atoms with van der Waals surface area (Å²) in [5.74, 6) is 1.69. The van der Waals surface area contributed by atoms with E-state index in [1.807, 2.05) is 6.07 Å². The van der Waals surface area contributed by atoms with Gasteiger partial charge in [-0.2, -0.15) is 0 Å². The molecule has 0 N–H and O–H groups in total. The highest BCUT2D eigenvalue weighted by molar-refractivity contribution is 6.09. The normalized spacial score (nSPS) is 14.5. The van der Waals surface area contributed by atoms with Gasteiger partial charge in [-0.3, -0.25) is 0 Å². The number of nitrogens with zero attached hydrogens (tertiary/aromatic N) is 1. The molecule has 1 aliphatic heterocycles. The lowest BCUT2D eigenvalue weighted by Gasteiger charge is -2.36. The van der Waals surface area contributed by atoms with Crippen LogP contribution in [-0.2, 0) is 5.41 Å². The van der Waals surface area contributed by atoms with E-state index in [1.54, 1.807) is 0 Å². The number of anilines is 3. The highest BCUT2D eigenvalue weighted by atomic mass is 16.5. The number of benzene rings is 11. The fourth-order valence-corrected chi connectivity index (χ4v) is 12.2. The van der Waals surface area contributed by atoms with Crippen molar-refractivity contribution in [1.29, 1.82) is 0 Å². The lowest BCUT2D eigenvalue weighted by molar-refractivity contribution is 0.488. The molecular weight excluding hydrogens is 851 g/mol. The molecule has 1 aromatic heterocycles. The summed E-state index contributed by atoms with van der Waals surface area (Å²) in [4.78, 5) is 2.46. The molecular formula is C67H41NO2. The minimum Gasteiger partial charge on any atom is -0.456 e. The lowest BCUT2D eigenvalue weighted by Crippen LogP contribution is -2.29. The number of hydrogen-bond donors (Lipinski definition) is 0. The van der Waals surface area contributed by atoms with Crippen LogP contribution < -0.4 is 9.64 Å². The minimum atomic E-state index is -0.684. The predicted octanol–water partition coefficient (Wildman–Crippen LogP) is 18.2. The van der Waals surface area contributed by atoms with Crippen LogP contribution in [0.4, 0.5) is 17.1 Å². The summed E-state index contributed by atoms with van der Waals surface area (Å²) in [6, 6.07) is 90.8. The Morgan fingerprint density at radius 3 is 1.53 bits per heavy atom. The van der Waals surface area contributed by atoms with Crippen LogP contribution in [0, 0.1) is 0 Å². The molecule has 0 fully saturated rings. The third-order valence-electron chi connectivity index (χ3n) is 15.1. The van der Waals surface area contributed by atoms with Gasteiger partial charge in [0.15, 0.2) is 0 Å². The Labute approximate surface area is 405 Å². The van der Waals surface area contributed by atoms with Crippen molar-refractivity contribution in [2.75, 3.05) is 4.90 Å². The van der Waals surface area contributed by atoms with Crippen molar-refractivity contribution in [1.82, 2.24) is 0 Å². The van der Waals surface area contributed by atoms with Crippen molar-refractivity contribution in [3.63, 3.8) is 0 Å². The Morgan fingerprint density at radius 2 is 0.786 bits per heavy atom. The highest BCUT2D eigenvalue weighted by Crippen LogP contribution is 2.63. The number of para-hydroxylation sites is 4. The molecule has 0 saturated heterocycles. The van der Waals surface area contributed by atoms with Gasteiger partial charge in [0, 0.05) is 38.8 Å². The van der Waals surface area contributed by atoms with Crippen LogP contribution in [0.3, 0.4) is 0 Å². The minimum absolute atomic E-state index is 0.684. The van der Waals surface area contributed by atoms with Crippen LogP contribution in [-0.4, -0.2) is 0 Å². The van der Waals surface area contributed by atoms with Gasteiger partial charge in [0.05, 0.1) is 11.1 Å². The molecule has 0 amide bonds. The highest BCUT2D eigenvalue weighted by Gasteiger charge is 2.50. The van der Waals surface area contributed by atoms with Crippen molar-refractivity contribution in [3.05, 3.63) is 271 Å². The van der Waals surface area contributed by atoms with Gasteiger partial charge in [-0.1, -0.05) is 188 Å². The van der Waals surface area contributed by atoms with Gasteiger partial charge in [0.25, 0.3) is 0 Å². The number of hydrogen-bond acceptors (Lipinski definition) is 3. The summed E-state index contributed by atoms with van der Waals surface area (Å²) in [6.45, 7) is 0. The molecule has 1 unspecified atom stereocenters. The first-order chi connectivity index (χ1) is 34.7. The van der Waals surface area contributed by atoms with E-state index >= 15 is 0 Å². The van der Waals surface area contributed by atoms with E-state index in [0.29, 0.717) is 0 Å². The van der Waals surface area contributed by atoms with Crippen molar-refractivity contribution in [2.45, 2.75) is 5.41 Å². The van der Waals surface area contributed by atoms with Crippen molar-refractivity contribution in [3.8, 4) is 78.3 Å². The van der Waals surface area contributed by atoms with Crippen LogP contribution in [0.5, 0.6) is 11.5 Å². The summed E-state index contributed by atoms with van der Waals surface area (Å²) in [5, 5.41) is 2.26. The van der Waals surface area contributed by atoms with E-state index in [4.69, 9.17) is 9.15 Å². The lowest BCUT2D eigenvalue weighted by atomic mass is 9.66. The average Bonchev–Trinajstić information content (AvgIpc) is 3.85. The molecule has 3 nitrogen and oxygen atoms in total. The molecule has 2 aliphatic carbocycles. The number of fused-ring (bicyclic) bond motifs is 20. The largest absolute Gasteiger partial charge is 0.456 e. The molecule has 3 heteroatoms. The molecule has 1 spiro atoms. The molecule has 326 valence electrons. The van der Waals surface area contributed by atoms with Gasteiger partial charge < -0.3 is 14.1 Å². The van der Waals surface area contributed by atoms with E-state index < -0.39 is 5.41 Å². The molecule has 0 radical (unpaired) electrons. The zero-order valence-electron chi connectivity index (χ0n) is 37.9. The van der Waals surface area contributed by atoms with Gasteiger partial charge in [0.2, 0.25) is 0 Å². The average molecular weight is 892 g/mol. The molecule has 2 heterocycles. The van der Waals surface area contributed by atoms with Gasteiger partial charge in [-0.25, -0.2) is 0 Å². The van der Waals surface area contributed by atoms with Crippen molar-refractivity contribution < 1.29 is 9.15 Å². The van der Waals surface area contributed by atoms with E-state index in [1.165, 1.54) is 55.6 Å². The first-order valence-corrected chi connectivity index (χ1v) is 24.1. The third-order valence-corrected chi connectivity index (χ3v) is 15.1. The maximum absolute atomic E-state index is 6.75. The number of ether oxygens (including phenoxy) is 1. The Morgan fingerprint density at radius 1 is 0.286 bits per heavy atom. The maximum atomic E-state index is 6.75. The quantitative estimate of drug-likeness (QED) is 0.176. The standard InChI is InChI=1S/C67H41NO2/c1-2-18-42(19-3-1)45-20-8-14-30-62(45)68(43-34-36-48-51-25-9-15-31-63(51)69-64-32-16-10-26-52(64)54(48)38-43)44-35-37-60-55(39-44)47-22-5-4-21-46(47)49-23-6-12-28-58(49)67(60)59-29-13-7-24-50(59)56-40-57-53-27-11-17-33-65(53)70-66(57)41-61(56)67/h1-41H. The Hall–Kier alpha value is -9.18. The van der Waals surface area contributed by atoms with Crippen LogP contribution in [0.15, 0.2) is 253 Å². The van der Waals surface area contributed by atoms with Crippen molar-refractivity contribution >= 4 is 39.0 Å². The van der Waals surface area contributed by atoms with Crippen LogP contribution in [0.25, 0.3) is 88.7 Å². The molecule has 70 heavy (non-hydrogen) atoms. The zero-order valence-corrected chi connectivity index (χ0v) is 37.9. The summed E-state index contributed by atoms with van der Waals surface area (Å²) in [5.41, 5.74) is 23.2. The Kier molecular flexibility index (Phi) is 8.28. The number of rotatable bonds is 4. The smallest absolute Gasteiger partial charge is 0.135 e. The summed E-state index contributed by atoms with van der Waals surface area (Å²) >= 11 is 0. The summed E-state index contributed by atoms with van der Waals surface area (Å²) in [7, 11) is 0. The second kappa shape index (κ2) is 14.9. The van der Waals surface area contributed by atoms with Gasteiger partial charge in [0.1, 0.15) is 22.7 Å². The van der Waals surface area contributed by atoms with Crippen LogP contribution in [0.1, 0.15) is 22.3 Å². The molecule has 0 bridgehead atoms. The second-order valence-corrected chi connectivity index (χ2v) is 18.7. The van der Waals surface area contributed by atoms with E-state index in [2.05, 4.69) is 248 Å². The maximum Gasteiger partial charge on any atom is 0.135 e. The van der Waals surface area contributed by atoms with Crippen molar-refractivity contribution in [2.24, 2.45) is 0 Å². The Bertz CT molecular complexity index is 4130. The third kappa shape index (κ3) is 5.46. The number of furan rings is 1. The molecule has 11 aromatic carbocycles. The molecule has 0 saturated carbocycles. The van der Waals surface area contributed by atoms with E-state index in [-0.39, 0.29) is 0 Å². The van der Waals surface area contributed by atoms with E-state index in [0.717, 1.165) is 83.9 Å². The fraction of sp³-hybridized carbons (Fsp3) is 0.0149. The van der Waals surface area contributed by atoms with Gasteiger partial charge >= 0.3 is 0 Å². The molecule has 15 rings (SSSR count). The SMILES string of the molecule is c1ccc(-c2ccccc2N(c2ccc3c(c2)-c2ccccc2Oc2ccccc2-3)c2ccc3c(c2)-c2ccccc2-c2ccccc2C32c3ccccc3-c3cc4c(cc32)oc2ccccc24)cc1. The zero-order chi connectivity index (χ0) is 45.9. The second-order valence-electron chi connectivity index (χ2n) is 18.7. The fourth-order valence-electron chi connectivity index (χ4n) is 12.2. The molecule has 12 aromatic rings. The Balaban J connectivity index is 1.04. The van der Waals surface area contributed by atoms with E-state index in [9.17, 15) is 0 Å². The van der Waals surface area contributed by atoms with Gasteiger partial charge in [-0.15, -0.1) is 0 Å². The summed E-state index contributed by atoms with van der Waals surface area (Å²) in [6.07, 6.45) is 0. The van der Waals surface area contributed by atoms with Crippen LogP contribution in [0.2, 0.25) is 0 Å². The molecule has 3 aliphatic rings. The summed E-state index contributed by atoms with van der Waals surface area (Å²) < 4.78 is 13.4. The predicted molar refractivity (Wildman–Crippen MR) is 287 cm³/mol. The monoisotopic (exact) mass is 891 g/mol. The van der Waals surface area contributed by atoms with Gasteiger partial charge in [-0.05, 0) is 133 Å².